The summed E-state index contributed by atoms with van der Waals surface area (Å²) in [7, 11) is 0. The van der Waals surface area contributed by atoms with Crippen LogP contribution in [0.3, 0.4) is 0 Å². The van der Waals surface area contributed by atoms with Crippen molar-refractivity contribution < 1.29 is 18.9 Å². The van der Waals surface area contributed by atoms with Gasteiger partial charge in [0.2, 0.25) is 0 Å². The van der Waals surface area contributed by atoms with E-state index in [1.165, 1.54) is 0 Å². The molecule has 0 rings (SSSR count). The number of hydrogen-bond acceptors (Lipinski definition) is 5. The minimum Gasteiger partial charge on any atom is -0.379 e. The highest BCUT2D eigenvalue weighted by Gasteiger charge is 2.06. The number of hydrogen-bond donors (Lipinski definition) is 1. The van der Waals surface area contributed by atoms with Crippen molar-refractivity contribution in [1.29, 1.82) is 0 Å². The Morgan fingerprint density at radius 1 is 0.650 bits per heavy atom. The molecule has 0 saturated heterocycles. The van der Waals surface area contributed by atoms with Gasteiger partial charge in [0.05, 0.1) is 46.2 Å². The smallest absolute Gasteiger partial charge is 0.0701 e. The molecule has 0 aliphatic carbocycles. The zero-order valence-electron chi connectivity index (χ0n) is 13.7. The van der Waals surface area contributed by atoms with Gasteiger partial charge in [-0.2, -0.15) is 0 Å². The first kappa shape index (κ1) is 19.8. The first-order valence-corrected chi connectivity index (χ1v) is 7.62. The maximum absolute atomic E-state index is 5.45. The molecule has 0 aromatic carbocycles. The fraction of sp³-hybridized carbons (Fsp3) is 1.00. The highest BCUT2D eigenvalue weighted by atomic mass is 16.6. The Morgan fingerprint density at radius 3 is 1.45 bits per heavy atom. The van der Waals surface area contributed by atoms with Gasteiger partial charge >= 0.3 is 0 Å². The Hall–Kier alpha value is -0.200. The monoisotopic (exact) mass is 291 g/mol. The minimum absolute atomic E-state index is 0.151. The van der Waals surface area contributed by atoms with Crippen LogP contribution >= 0.6 is 0 Å². The summed E-state index contributed by atoms with van der Waals surface area (Å²) in [5.41, 5.74) is 0.151. The molecule has 0 fully saturated rings. The molecule has 0 atom stereocenters. The van der Waals surface area contributed by atoms with Crippen LogP contribution in [0.5, 0.6) is 0 Å². The van der Waals surface area contributed by atoms with Gasteiger partial charge in [-0.3, -0.25) is 0 Å². The van der Waals surface area contributed by atoms with Crippen molar-refractivity contribution in [1.82, 2.24) is 5.32 Å². The molecule has 0 radical (unpaired) electrons. The van der Waals surface area contributed by atoms with Crippen molar-refractivity contribution >= 4 is 0 Å². The highest BCUT2D eigenvalue weighted by molar-refractivity contribution is 4.69. The molecule has 0 aromatic heterocycles. The Labute approximate surface area is 124 Å². The Balaban J connectivity index is 2.99. The lowest BCUT2D eigenvalue weighted by atomic mass is 10.1. The second kappa shape index (κ2) is 13.8. The Kier molecular flexibility index (Phi) is 13.6. The third-order valence-electron chi connectivity index (χ3n) is 2.37. The van der Waals surface area contributed by atoms with Crippen LogP contribution in [-0.4, -0.2) is 64.9 Å². The second-order valence-electron chi connectivity index (χ2n) is 5.63. The van der Waals surface area contributed by atoms with E-state index in [0.29, 0.717) is 46.2 Å². The van der Waals surface area contributed by atoms with E-state index in [9.17, 15) is 0 Å². The summed E-state index contributed by atoms with van der Waals surface area (Å²) in [5, 5.41) is 3.36. The molecule has 5 heteroatoms. The second-order valence-corrected chi connectivity index (χ2v) is 5.63. The molecule has 122 valence electrons. The van der Waals surface area contributed by atoms with Crippen LogP contribution in [0.25, 0.3) is 0 Å². The lowest BCUT2D eigenvalue weighted by Gasteiger charge is -2.20. The predicted octanol–water partition coefficient (Wildman–Crippen LogP) is 1.85. The topological polar surface area (TPSA) is 49.0 Å². The van der Waals surface area contributed by atoms with Gasteiger partial charge in [0, 0.05) is 18.7 Å². The van der Waals surface area contributed by atoms with Crippen molar-refractivity contribution in [2.75, 3.05) is 59.4 Å². The van der Waals surface area contributed by atoms with Gasteiger partial charge in [0.15, 0.2) is 0 Å². The predicted molar refractivity (Wildman–Crippen MR) is 81.3 cm³/mol. The average molecular weight is 291 g/mol. The zero-order valence-corrected chi connectivity index (χ0v) is 13.7. The average Bonchev–Trinajstić information content (AvgIpc) is 2.38. The fourth-order valence-corrected chi connectivity index (χ4v) is 1.40. The van der Waals surface area contributed by atoms with Crippen LogP contribution < -0.4 is 5.32 Å². The zero-order chi connectivity index (χ0) is 15.1. The quantitative estimate of drug-likeness (QED) is 0.495. The minimum atomic E-state index is 0.151. The first-order chi connectivity index (χ1) is 9.56. The van der Waals surface area contributed by atoms with Crippen LogP contribution in [0, 0.1) is 0 Å². The summed E-state index contributed by atoms with van der Waals surface area (Å²) in [4.78, 5) is 0. The van der Waals surface area contributed by atoms with Crippen molar-refractivity contribution in [2.24, 2.45) is 0 Å². The largest absolute Gasteiger partial charge is 0.379 e. The molecule has 0 amide bonds. The van der Waals surface area contributed by atoms with Crippen molar-refractivity contribution in [3.8, 4) is 0 Å². The van der Waals surface area contributed by atoms with Crippen LogP contribution in [0.4, 0.5) is 0 Å². The molecule has 0 aliphatic heterocycles. The molecule has 0 unspecified atom stereocenters. The first-order valence-electron chi connectivity index (χ1n) is 7.62. The standard InChI is InChI=1S/C15H33NO4/c1-5-7-17-9-11-19-13-14-20-12-10-18-8-6-16-15(2,3)4/h16H,5-14H2,1-4H3. The Morgan fingerprint density at radius 2 is 1.05 bits per heavy atom. The molecule has 0 spiro atoms. The van der Waals surface area contributed by atoms with E-state index >= 15 is 0 Å². The lowest BCUT2D eigenvalue weighted by molar-refractivity contribution is -0.00166. The van der Waals surface area contributed by atoms with Crippen LogP contribution in [0.2, 0.25) is 0 Å². The molecule has 1 N–H and O–H groups in total. The van der Waals surface area contributed by atoms with Crippen molar-refractivity contribution in [3.63, 3.8) is 0 Å². The van der Waals surface area contributed by atoms with E-state index in [0.717, 1.165) is 19.6 Å². The maximum atomic E-state index is 5.45. The third kappa shape index (κ3) is 17.8. The summed E-state index contributed by atoms with van der Waals surface area (Å²) in [6.07, 6.45) is 1.05. The van der Waals surface area contributed by atoms with Gasteiger partial charge in [-0.05, 0) is 27.2 Å². The third-order valence-corrected chi connectivity index (χ3v) is 2.37. The SMILES string of the molecule is CCCOCCOCCOCCOCCNC(C)(C)C. The summed E-state index contributed by atoms with van der Waals surface area (Å²) >= 11 is 0. The van der Waals surface area contributed by atoms with Crippen LogP contribution in [-0.2, 0) is 18.9 Å². The van der Waals surface area contributed by atoms with Gasteiger partial charge in [-0.25, -0.2) is 0 Å². The molecule has 0 heterocycles. The molecular formula is C15H33NO4. The van der Waals surface area contributed by atoms with Gasteiger partial charge in [-0.1, -0.05) is 6.92 Å². The van der Waals surface area contributed by atoms with E-state index < -0.39 is 0 Å². The molecule has 5 nitrogen and oxygen atoms in total. The van der Waals surface area contributed by atoms with E-state index in [4.69, 9.17) is 18.9 Å². The number of nitrogens with one attached hydrogen (secondary N) is 1. The molecule has 0 saturated carbocycles. The summed E-state index contributed by atoms with van der Waals surface area (Å²) in [6.45, 7) is 14.7. The van der Waals surface area contributed by atoms with Crippen molar-refractivity contribution in [3.05, 3.63) is 0 Å². The van der Waals surface area contributed by atoms with Gasteiger partial charge in [0.25, 0.3) is 0 Å². The summed E-state index contributed by atoms with van der Waals surface area (Å²) in [6, 6.07) is 0. The van der Waals surface area contributed by atoms with E-state index in [1.807, 2.05) is 0 Å². The highest BCUT2D eigenvalue weighted by Crippen LogP contribution is 1.96. The molecule has 20 heavy (non-hydrogen) atoms. The van der Waals surface area contributed by atoms with E-state index in [-0.39, 0.29) is 5.54 Å². The lowest BCUT2D eigenvalue weighted by Crippen LogP contribution is -2.38. The number of ether oxygens (including phenoxy) is 4. The van der Waals surface area contributed by atoms with Gasteiger partial charge in [0.1, 0.15) is 0 Å². The summed E-state index contributed by atoms with van der Waals surface area (Å²) in [5.74, 6) is 0. The van der Waals surface area contributed by atoms with Gasteiger partial charge in [-0.15, -0.1) is 0 Å². The van der Waals surface area contributed by atoms with Crippen LogP contribution in [0.1, 0.15) is 34.1 Å². The molecular weight excluding hydrogens is 258 g/mol. The molecule has 0 aromatic rings. The fourth-order valence-electron chi connectivity index (χ4n) is 1.40. The Bertz CT molecular complexity index is 195. The molecule has 0 aliphatic rings. The normalized spacial score (nSPS) is 12.0. The van der Waals surface area contributed by atoms with Crippen molar-refractivity contribution in [2.45, 2.75) is 39.7 Å². The van der Waals surface area contributed by atoms with E-state index in [1.54, 1.807) is 0 Å². The number of rotatable bonds is 14. The van der Waals surface area contributed by atoms with E-state index in [2.05, 4.69) is 33.0 Å². The maximum Gasteiger partial charge on any atom is 0.0701 e. The summed E-state index contributed by atoms with van der Waals surface area (Å²) < 4.78 is 21.5. The molecule has 0 bridgehead atoms. The van der Waals surface area contributed by atoms with Gasteiger partial charge < -0.3 is 24.3 Å². The van der Waals surface area contributed by atoms with Crippen LogP contribution in [0.15, 0.2) is 0 Å².